The second-order valence-electron chi connectivity index (χ2n) is 7.09. The van der Waals surface area contributed by atoms with E-state index >= 15 is 0 Å². The van der Waals surface area contributed by atoms with Gasteiger partial charge in [-0.15, -0.1) is 0 Å². The van der Waals surface area contributed by atoms with Crippen LogP contribution in [0, 0.1) is 0 Å². The van der Waals surface area contributed by atoms with Gasteiger partial charge in [-0.25, -0.2) is 4.98 Å². The number of rotatable bonds is 5. The molecule has 1 aromatic heterocycles. The maximum atomic E-state index is 12.5. The van der Waals surface area contributed by atoms with Crippen LogP contribution in [-0.4, -0.2) is 44.7 Å². The van der Waals surface area contributed by atoms with Crippen molar-refractivity contribution in [2.75, 3.05) is 13.1 Å². The third-order valence-electron chi connectivity index (χ3n) is 4.98. The molecule has 1 saturated heterocycles. The van der Waals surface area contributed by atoms with Crippen LogP contribution >= 0.6 is 0 Å². The minimum atomic E-state index is -0.961. The van der Waals surface area contributed by atoms with Crippen LogP contribution in [0.5, 0.6) is 0 Å². The third-order valence-corrected chi connectivity index (χ3v) is 4.98. The van der Waals surface area contributed by atoms with E-state index < -0.39 is 6.10 Å². The van der Waals surface area contributed by atoms with E-state index in [-0.39, 0.29) is 5.91 Å². The Morgan fingerprint density at radius 2 is 1.92 bits per heavy atom. The van der Waals surface area contributed by atoms with E-state index in [1.165, 1.54) is 0 Å². The second kappa shape index (κ2) is 7.83. The van der Waals surface area contributed by atoms with E-state index in [1.54, 1.807) is 4.90 Å². The molecule has 5 heteroatoms. The zero-order valence-electron chi connectivity index (χ0n) is 15.0. The van der Waals surface area contributed by atoms with Crippen LogP contribution in [0.2, 0.25) is 0 Å². The molecule has 1 N–H and O–H groups in total. The van der Waals surface area contributed by atoms with Gasteiger partial charge in [0.2, 0.25) is 0 Å². The number of aliphatic hydroxyl groups excluding tert-OH is 1. The average Bonchev–Trinajstić information content (AvgIpc) is 3.12. The first kappa shape index (κ1) is 17.7. The van der Waals surface area contributed by atoms with Crippen molar-refractivity contribution in [3.05, 3.63) is 54.1 Å². The summed E-state index contributed by atoms with van der Waals surface area (Å²) in [5, 5.41) is 10.3. The van der Waals surface area contributed by atoms with E-state index in [4.69, 9.17) is 0 Å². The molecule has 2 heterocycles. The Hall–Kier alpha value is -2.14. The van der Waals surface area contributed by atoms with Crippen molar-refractivity contribution in [3.63, 3.8) is 0 Å². The van der Waals surface area contributed by atoms with Gasteiger partial charge in [0, 0.05) is 43.9 Å². The fourth-order valence-electron chi connectivity index (χ4n) is 3.57. The predicted octanol–water partition coefficient (Wildman–Crippen LogP) is 2.77. The van der Waals surface area contributed by atoms with Crippen LogP contribution in [0.3, 0.4) is 0 Å². The van der Waals surface area contributed by atoms with Crippen molar-refractivity contribution >= 4 is 5.91 Å². The van der Waals surface area contributed by atoms with Gasteiger partial charge in [-0.3, -0.25) is 4.79 Å². The fraction of sp³-hybridized carbons (Fsp3) is 0.500. The van der Waals surface area contributed by atoms with Crippen molar-refractivity contribution in [2.45, 2.75) is 51.2 Å². The molecule has 25 heavy (non-hydrogen) atoms. The summed E-state index contributed by atoms with van der Waals surface area (Å²) in [5.74, 6) is 1.34. The van der Waals surface area contributed by atoms with Gasteiger partial charge in [0.25, 0.3) is 5.91 Å². The standard InChI is InChI=1S/C20H27N3O2/c1-15(2)23-13-10-21-19(23)17-8-11-22(12-9-17)20(25)18(24)14-16-6-4-3-5-7-16/h3-7,10,13,15,17-18,24H,8-9,11-12,14H2,1-2H3/t18-/m0/s1. The second-order valence-corrected chi connectivity index (χ2v) is 7.09. The first-order valence-corrected chi connectivity index (χ1v) is 9.09. The van der Waals surface area contributed by atoms with Gasteiger partial charge in [0.1, 0.15) is 11.9 Å². The molecule has 5 nitrogen and oxygen atoms in total. The van der Waals surface area contributed by atoms with Gasteiger partial charge in [0.05, 0.1) is 0 Å². The first-order chi connectivity index (χ1) is 12.1. The van der Waals surface area contributed by atoms with Gasteiger partial charge in [0.15, 0.2) is 0 Å². The van der Waals surface area contributed by atoms with Crippen LogP contribution in [0.25, 0.3) is 0 Å². The summed E-state index contributed by atoms with van der Waals surface area (Å²) in [7, 11) is 0. The Bertz CT molecular complexity index is 688. The number of benzene rings is 1. The van der Waals surface area contributed by atoms with E-state index in [2.05, 4.69) is 23.4 Å². The Kier molecular flexibility index (Phi) is 5.53. The third kappa shape index (κ3) is 4.10. The number of piperidine rings is 1. The predicted molar refractivity (Wildman–Crippen MR) is 97.3 cm³/mol. The quantitative estimate of drug-likeness (QED) is 0.910. The number of carbonyl (C=O) groups is 1. The Labute approximate surface area is 149 Å². The minimum Gasteiger partial charge on any atom is -0.383 e. The highest BCUT2D eigenvalue weighted by Gasteiger charge is 2.29. The SMILES string of the molecule is CC(C)n1ccnc1C1CCN(C(=O)[C@@H](O)Cc2ccccc2)CC1. The minimum absolute atomic E-state index is 0.158. The normalized spacial score (nSPS) is 17.0. The molecule has 1 fully saturated rings. The summed E-state index contributed by atoms with van der Waals surface area (Å²) in [6.07, 6.45) is 5.09. The summed E-state index contributed by atoms with van der Waals surface area (Å²) >= 11 is 0. The zero-order chi connectivity index (χ0) is 17.8. The lowest BCUT2D eigenvalue weighted by Crippen LogP contribution is -2.44. The Balaban J connectivity index is 1.56. The lowest BCUT2D eigenvalue weighted by atomic mass is 9.95. The number of aromatic nitrogens is 2. The van der Waals surface area contributed by atoms with Crippen molar-refractivity contribution in [2.24, 2.45) is 0 Å². The molecular formula is C20H27N3O2. The molecule has 1 atom stereocenters. The molecule has 2 aromatic rings. The molecule has 3 rings (SSSR count). The molecule has 0 spiro atoms. The smallest absolute Gasteiger partial charge is 0.251 e. The van der Waals surface area contributed by atoms with Crippen molar-refractivity contribution in [1.82, 2.24) is 14.5 Å². The number of nitrogens with zero attached hydrogens (tertiary/aromatic N) is 3. The average molecular weight is 341 g/mol. The molecule has 0 saturated carbocycles. The van der Waals surface area contributed by atoms with Gasteiger partial charge in [-0.05, 0) is 32.3 Å². The topological polar surface area (TPSA) is 58.4 Å². The summed E-state index contributed by atoms with van der Waals surface area (Å²) in [6, 6.07) is 10.1. The summed E-state index contributed by atoms with van der Waals surface area (Å²) in [5.41, 5.74) is 0.984. The van der Waals surface area contributed by atoms with Crippen LogP contribution in [-0.2, 0) is 11.2 Å². The van der Waals surface area contributed by atoms with Crippen LogP contribution < -0.4 is 0 Å². The van der Waals surface area contributed by atoms with Gasteiger partial charge >= 0.3 is 0 Å². The van der Waals surface area contributed by atoms with Crippen LogP contribution in [0.4, 0.5) is 0 Å². The molecule has 0 unspecified atom stereocenters. The summed E-state index contributed by atoms with van der Waals surface area (Å²) in [6.45, 7) is 5.67. The highest BCUT2D eigenvalue weighted by molar-refractivity contribution is 5.81. The molecule has 1 amide bonds. The number of likely N-dealkylation sites (tertiary alicyclic amines) is 1. The molecule has 0 aliphatic carbocycles. The zero-order valence-corrected chi connectivity index (χ0v) is 15.0. The van der Waals surface area contributed by atoms with E-state index in [0.717, 1.165) is 24.2 Å². The maximum absolute atomic E-state index is 12.5. The maximum Gasteiger partial charge on any atom is 0.251 e. The summed E-state index contributed by atoms with van der Waals surface area (Å²) < 4.78 is 2.21. The largest absolute Gasteiger partial charge is 0.383 e. The molecule has 0 radical (unpaired) electrons. The first-order valence-electron chi connectivity index (χ1n) is 9.09. The summed E-state index contributed by atoms with van der Waals surface area (Å²) in [4.78, 5) is 18.9. The number of imidazole rings is 1. The number of carbonyl (C=O) groups excluding carboxylic acids is 1. The molecule has 1 aromatic carbocycles. The van der Waals surface area contributed by atoms with Gasteiger partial charge in [-0.2, -0.15) is 0 Å². The van der Waals surface area contributed by atoms with Crippen LogP contribution in [0.1, 0.15) is 50.0 Å². The Morgan fingerprint density at radius 1 is 1.24 bits per heavy atom. The molecule has 0 bridgehead atoms. The fourth-order valence-corrected chi connectivity index (χ4v) is 3.57. The molecule has 1 aliphatic heterocycles. The monoisotopic (exact) mass is 341 g/mol. The van der Waals surface area contributed by atoms with Crippen molar-refractivity contribution in [1.29, 1.82) is 0 Å². The molecular weight excluding hydrogens is 314 g/mol. The number of hydrogen-bond donors (Lipinski definition) is 1. The highest BCUT2D eigenvalue weighted by Crippen LogP contribution is 2.28. The van der Waals surface area contributed by atoms with Crippen molar-refractivity contribution < 1.29 is 9.90 Å². The van der Waals surface area contributed by atoms with E-state index in [9.17, 15) is 9.90 Å². The molecule has 1 aliphatic rings. The van der Waals surface area contributed by atoms with Gasteiger partial charge < -0.3 is 14.6 Å². The number of hydrogen-bond acceptors (Lipinski definition) is 3. The number of aliphatic hydroxyl groups is 1. The highest BCUT2D eigenvalue weighted by atomic mass is 16.3. The van der Waals surface area contributed by atoms with Gasteiger partial charge in [-0.1, -0.05) is 30.3 Å². The van der Waals surface area contributed by atoms with Crippen LogP contribution in [0.15, 0.2) is 42.7 Å². The lowest BCUT2D eigenvalue weighted by Gasteiger charge is -2.33. The van der Waals surface area contributed by atoms with Crippen molar-refractivity contribution in [3.8, 4) is 0 Å². The van der Waals surface area contributed by atoms with E-state index in [0.29, 0.717) is 31.5 Å². The Morgan fingerprint density at radius 3 is 2.56 bits per heavy atom. The number of amides is 1. The van der Waals surface area contributed by atoms with E-state index in [1.807, 2.05) is 42.7 Å². The lowest BCUT2D eigenvalue weighted by molar-refractivity contribution is -0.141. The molecule has 134 valence electrons.